The summed E-state index contributed by atoms with van der Waals surface area (Å²) in [6.07, 6.45) is -3.15. The lowest BCUT2D eigenvalue weighted by atomic mass is 10.3. The van der Waals surface area contributed by atoms with E-state index in [0.29, 0.717) is 12.6 Å². The number of hydrogen-bond donors (Lipinski definition) is 3. The molecule has 3 N–H and O–H groups in total. The number of carbonyl (C=O) groups excluding carboxylic acids is 1. The lowest BCUT2D eigenvalue weighted by molar-refractivity contribution is -0.141. The van der Waals surface area contributed by atoms with Gasteiger partial charge >= 0.3 is 6.18 Å². The van der Waals surface area contributed by atoms with E-state index in [1.165, 1.54) is 0 Å². The van der Waals surface area contributed by atoms with Crippen molar-refractivity contribution in [3.63, 3.8) is 0 Å². The van der Waals surface area contributed by atoms with Gasteiger partial charge in [-0.15, -0.1) is 0 Å². The normalized spacial score (nSPS) is 17.9. The van der Waals surface area contributed by atoms with Crippen molar-refractivity contribution >= 4 is 5.91 Å². The maximum atomic E-state index is 12.4. The largest absolute Gasteiger partial charge is 0.432 e. The molecule has 1 fully saturated rings. The van der Waals surface area contributed by atoms with Crippen LogP contribution in [0.2, 0.25) is 0 Å². The second kappa shape index (κ2) is 6.44. The number of β-amino-alcohol motifs (C(OH)–C–C–N with tert-alkyl or cyclic N) is 1. The van der Waals surface area contributed by atoms with E-state index in [4.69, 9.17) is 0 Å². The first-order valence-electron chi connectivity index (χ1n) is 6.67. The Morgan fingerprint density at radius 3 is 2.71 bits per heavy atom. The van der Waals surface area contributed by atoms with Gasteiger partial charge in [-0.3, -0.25) is 9.89 Å². The Kier molecular flexibility index (Phi) is 4.84. The van der Waals surface area contributed by atoms with Gasteiger partial charge in [0.15, 0.2) is 5.69 Å². The van der Waals surface area contributed by atoms with Gasteiger partial charge in [0.2, 0.25) is 0 Å². The molecule has 1 aromatic heterocycles. The first-order valence-corrected chi connectivity index (χ1v) is 6.67. The van der Waals surface area contributed by atoms with Gasteiger partial charge in [0, 0.05) is 19.2 Å². The number of nitrogens with one attached hydrogen (secondary N) is 2. The quantitative estimate of drug-likeness (QED) is 0.745. The summed E-state index contributed by atoms with van der Waals surface area (Å²) in [6, 6.07) is 0.641. The number of aromatic nitrogens is 2. The standard InChI is InChI=1S/C12H17F3N4O2/c13-12(14,15)10-5-9(17-18-10)11(21)16-6-8(20)7-19-3-1-2-4-19/h5,8,20H,1-4,6-7H2,(H,16,21)(H,17,18)/t8-/m0/s1. The van der Waals surface area contributed by atoms with Gasteiger partial charge in [-0.2, -0.15) is 18.3 Å². The highest BCUT2D eigenvalue weighted by Crippen LogP contribution is 2.27. The number of aliphatic hydroxyl groups is 1. The van der Waals surface area contributed by atoms with E-state index in [0.717, 1.165) is 25.9 Å². The Labute approximate surface area is 119 Å². The molecule has 118 valence electrons. The van der Waals surface area contributed by atoms with Gasteiger partial charge in [0.25, 0.3) is 5.91 Å². The smallest absolute Gasteiger partial charge is 0.390 e. The zero-order chi connectivity index (χ0) is 15.5. The van der Waals surface area contributed by atoms with Crippen molar-refractivity contribution in [3.8, 4) is 0 Å². The number of aliphatic hydroxyl groups excluding tert-OH is 1. The first-order chi connectivity index (χ1) is 9.86. The lowest BCUT2D eigenvalue weighted by Gasteiger charge is -2.19. The molecule has 0 unspecified atom stereocenters. The van der Waals surface area contributed by atoms with Crippen molar-refractivity contribution in [3.05, 3.63) is 17.5 Å². The van der Waals surface area contributed by atoms with Gasteiger partial charge in [0.1, 0.15) is 5.69 Å². The third-order valence-electron chi connectivity index (χ3n) is 3.28. The molecule has 0 saturated carbocycles. The van der Waals surface area contributed by atoms with E-state index in [-0.39, 0.29) is 12.2 Å². The fourth-order valence-electron chi connectivity index (χ4n) is 2.21. The van der Waals surface area contributed by atoms with Crippen LogP contribution in [0.3, 0.4) is 0 Å². The lowest BCUT2D eigenvalue weighted by Crippen LogP contribution is -2.39. The van der Waals surface area contributed by atoms with Crippen molar-refractivity contribution in [2.75, 3.05) is 26.2 Å². The molecule has 1 aromatic rings. The molecule has 2 rings (SSSR count). The maximum absolute atomic E-state index is 12.4. The number of H-pyrrole nitrogens is 1. The fraction of sp³-hybridized carbons (Fsp3) is 0.667. The zero-order valence-electron chi connectivity index (χ0n) is 11.3. The first kappa shape index (κ1) is 15.8. The summed E-state index contributed by atoms with van der Waals surface area (Å²) in [4.78, 5) is 13.7. The van der Waals surface area contributed by atoms with Gasteiger partial charge in [0.05, 0.1) is 6.10 Å². The summed E-state index contributed by atoms with van der Waals surface area (Å²) in [5.74, 6) is -0.748. The summed E-state index contributed by atoms with van der Waals surface area (Å²) < 4.78 is 37.1. The van der Waals surface area contributed by atoms with Crippen LogP contribution in [0.15, 0.2) is 6.07 Å². The molecule has 0 spiro atoms. The molecule has 9 heteroatoms. The monoisotopic (exact) mass is 306 g/mol. The third kappa shape index (κ3) is 4.43. The zero-order valence-corrected chi connectivity index (χ0v) is 11.3. The number of amides is 1. The van der Waals surface area contributed by atoms with E-state index in [1.54, 1.807) is 5.10 Å². The van der Waals surface area contributed by atoms with E-state index in [2.05, 4.69) is 15.3 Å². The van der Waals surface area contributed by atoms with Crippen LogP contribution in [0.1, 0.15) is 29.0 Å². The van der Waals surface area contributed by atoms with Gasteiger partial charge in [-0.25, -0.2) is 0 Å². The summed E-state index contributed by atoms with van der Waals surface area (Å²) in [6.45, 7) is 2.25. The second-order valence-corrected chi connectivity index (χ2v) is 5.04. The van der Waals surface area contributed by atoms with Crippen LogP contribution in [-0.2, 0) is 6.18 Å². The van der Waals surface area contributed by atoms with Crippen LogP contribution in [-0.4, -0.2) is 58.4 Å². The van der Waals surface area contributed by atoms with E-state index in [1.807, 2.05) is 0 Å². The summed E-state index contributed by atoms with van der Waals surface area (Å²) in [5.41, 5.74) is -1.43. The molecule has 1 aliphatic rings. The number of alkyl halides is 3. The molecule has 1 aliphatic heterocycles. The summed E-state index contributed by atoms with van der Waals surface area (Å²) >= 11 is 0. The van der Waals surface area contributed by atoms with Crippen LogP contribution >= 0.6 is 0 Å². The molecule has 6 nitrogen and oxygen atoms in total. The predicted molar refractivity (Wildman–Crippen MR) is 67.6 cm³/mol. The highest BCUT2D eigenvalue weighted by molar-refractivity contribution is 5.92. The van der Waals surface area contributed by atoms with Crippen LogP contribution in [0, 0.1) is 0 Å². The highest BCUT2D eigenvalue weighted by Gasteiger charge is 2.33. The average molecular weight is 306 g/mol. The van der Waals surface area contributed by atoms with E-state index < -0.39 is 23.9 Å². The number of likely N-dealkylation sites (tertiary alicyclic amines) is 1. The molecule has 1 saturated heterocycles. The summed E-state index contributed by atoms with van der Waals surface area (Å²) in [5, 5.41) is 17.2. The third-order valence-corrected chi connectivity index (χ3v) is 3.28. The van der Waals surface area contributed by atoms with Crippen molar-refractivity contribution in [1.29, 1.82) is 0 Å². The SMILES string of the molecule is O=C(NC[C@H](O)CN1CCCC1)c1cc(C(F)(F)F)[nH]n1. The minimum atomic E-state index is -4.57. The molecular weight excluding hydrogens is 289 g/mol. The molecule has 0 bridgehead atoms. The fourth-order valence-corrected chi connectivity index (χ4v) is 2.21. The van der Waals surface area contributed by atoms with Gasteiger partial charge < -0.3 is 15.3 Å². The van der Waals surface area contributed by atoms with Crippen molar-refractivity contribution in [2.24, 2.45) is 0 Å². The highest BCUT2D eigenvalue weighted by atomic mass is 19.4. The molecule has 0 radical (unpaired) electrons. The molecule has 0 aromatic carbocycles. The number of hydrogen-bond acceptors (Lipinski definition) is 4. The van der Waals surface area contributed by atoms with Crippen LogP contribution in [0.25, 0.3) is 0 Å². The van der Waals surface area contributed by atoms with E-state index >= 15 is 0 Å². The van der Waals surface area contributed by atoms with Gasteiger partial charge in [-0.1, -0.05) is 0 Å². The molecule has 1 amide bonds. The van der Waals surface area contributed by atoms with Crippen LogP contribution in [0.4, 0.5) is 13.2 Å². The Morgan fingerprint density at radius 2 is 2.14 bits per heavy atom. The second-order valence-electron chi connectivity index (χ2n) is 5.04. The Bertz CT molecular complexity index is 483. The van der Waals surface area contributed by atoms with Crippen molar-refractivity contribution in [2.45, 2.75) is 25.1 Å². The Hall–Kier alpha value is -1.61. The number of aromatic amines is 1. The topological polar surface area (TPSA) is 81.2 Å². The van der Waals surface area contributed by atoms with Crippen LogP contribution < -0.4 is 5.32 Å². The number of halogens is 3. The number of nitrogens with zero attached hydrogens (tertiary/aromatic N) is 2. The minimum Gasteiger partial charge on any atom is -0.390 e. The maximum Gasteiger partial charge on any atom is 0.432 e. The number of carbonyl (C=O) groups is 1. The average Bonchev–Trinajstić information content (AvgIpc) is 3.05. The summed E-state index contributed by atoms with van der Waals surface area (Å²) in [7, 11) is 0. The van der Waals surface area contributed by atoms with Crippen LogP contribution in [0.5, 0.6) is 0 Å². The van der Waals surface area contributed by atoms with Crippen molar-refractivity contribution < 1.29 is 23.1 Å². The van der Waals surface area contributed by atoms with E-state index in [9.17, 15) is 23.1 Å². The molecule has 2 heterocycles. The van der Waals surface area contributed by atoms with Crippen molar-refractivity contribution in [1.82, 2.24) is 20.4 Å². The number of rotatable bonds is 5. The molecule has 21 heavy (non-hydrogen) atoms. The predicted octanol–water partition coefficient (Wildman–Crippen LogP) is 0.615. The molecule has 0 aliphatic carbocycles. The Balaban J connectivity index is 1.79. The minimum absolute atomic E-state index is 0.0243. The molecule has 1 atom stereocenters. The van der Waals surface area contributed by atoms with Gasteiger partial charge in [-0.05, 0) is 25.9 Å². The molecular formula is C12H17F3N4O2. The Morgan fingerprint density at radius 1 is 1.48 bits per heavy atom.